The van der Waals surface area contributed by atoms with Gasteiger partial charge in [0.2, 0.25) is 0 Å². The van der Waals surface area contributed by atoms with Gasteiger partial charge in [0, 0.05) is 0 Å². The Morgan fingerprint density at radius 2 is 1.14 bits per heavy atom. The van der Waals surface area contributed by atoms with Crippen LogP contribution in [0.1, 0.15) is 53.4 Å². The minimum absolute atomic E-state index is 0.221. The first-order chi connectivity index (χ1) is 17.2. The molecule has 0 aromatic heterocycles. The number of hydrogen-bond donors (Lipinski definition) is 2. The van der Waals surface area contributed by atoms with E-state index in [1.165, 1.54) is 12.8 Å². The highest BCUT2D eigenvalue weighted by Crippen LogP contribution is 2.60. The van der Waals surface area contributed by atoms with E-state index in [1.54, 1.807) is 0 Å². The Labute approximate surface area is 215 Å². The fourth-order valence-electron chi connectivity index (χ4n) is 6.72. The Morgan fingerprint density at radius 3 is 1.47 bits per heavy atom. The molecule has 2 unspecified atom stereocenters. The van der Waals surface area contributed by atoms with Crippen molar-refractivity contribution in [3.63, 3.8) is 0 Å². The molecule has 0 heterocycles. The Balaban J connectivity index is 1.05. The summed E-state index contributed by atoms with van der Waals surface area (Å²) in [7, 11) is 0. The Kier molecular flexibility index (Phi) is 6.71. The van der Waals surface area contributed by atoms with E-state index in [0.717, 1.165) is 35.8 Å². The predicted molar refractivity (Wildman–Crippen MR) is 141 cm³/mol. The molecular weight excluding hydrogens is 448 g/mol. The lowest BCUT2D eigenvalue weighted by Gasteiger charge is -2.56. The average molecular weight is 487 g/mol. The third-order valence-electron chi connectivity index (χ3n) is 9.58. The second kappa shape index (κ2) is 9.66. The Hall–Kier alpha value is -2.66. The van der Waals surface area contributed by atoms with Crippen molar-refractivity contribution in [1.82, 2.24) is 0 Å². The van der Waals surface area contributed by atoms with E-state index in [2.05, 4.69) is 63.5 Å². The molecule has 0 aliphatic heterocycles. The van der Waals surface area contributed by atoms with Crippen LogP contribution in [0, 0.1) is 58.2 Å². The topological polar surface area (TPSA) is 58.9 Å². The summed E-state index contributed by atoms with van der Waals surface area (Å²) in [6.07, 6.45) is 7.40. The van der Waals surface area contributed by atoms with Crippen LogP contribution in [0.25, 0.3) is 0 Å². The van der Waals surface area contributed by atoms with E-state index in [1.807, 2.05) is 24.3 Å². The summed E-state index contributed by atoms with van der Waals surface area (Å²) in [5.41, 5.74) is 2.73. The monoisotopic (exact) mass is 486 g/mol. The van der Waals surface area contributed by atoms with Gasteiger partial charge in [0.1, 0.15) is 36.9 Å². The van der Waals surface area contributed by atoms with Gasteiger partial charge in [-0.1, -0.05) is 63.5 Å². The predicted octanol–water partition coefficient (Wildman–Crippen LogP) is 5.16. The first kappa shape index (κ1) is 25.0. The van der Waals surface area contributed by atoms with Crippen molar-refractivity contribution >= 4 is 0 Å². The third-order valence-corrected chi connectivity index (χ3v) is 9.58. The van der Waals surface area contributed by atoms with E-state index >= 15 is 0 Å². The van der Waals surface area contributed by atoms with Gasteiger partial charge < -0.3 is 19.7 Å². The molecule has 2 N–H and O–H groups in total. The summed E-state index contributed by atoms with van der Waals surface area (Å²) in [4.78, 5) is 0. The van der Waals surface area contributed by atoms with E-state index in [4.69, 9.17) is 9.47 Å². The van der Waals surface area contributed by atoms with Gasteiger partial charge in [0.25, 0.3) is 0 Å². The summed E-state index contributed by atoms with van der Waals surface area (Å²) in [5.74, 6) is 15.6. The highest BCUT2D eigenvalue weighted by molar-refractivity contribution is 5.35. The van der Waals surface area contributed by atoms with Gasteiger partial charge in [-0.25, -0.2) is 0 Å². The Morgan fingerprint density at radius 1 is 0.750 bits per heavy atom. The summed E-state index contributed by atoms with van der Waals surface area (Å²) in [6, 6.07) is 7.33. The zero-order valence-corrected chi connectivity index (χ0v) is 21.9. The minimum atomic E-state index is -0.707. The van der Waals surface area contributed by atoms with Crippen molar-refractivity contribution in [3.05, 3.63) is 47.6 Å². The lowest BCUT2D eigenvalue weighted by atomic mass is 9.48. The zero-order valence-electron chi connectivity index (χ0n) is 21.9. The lowest BCUT2D eigenvalue weighted by Crippen LogP contribution is -2.49. The molecule has 1 aromatic carbocycles. The van der Waals surface area contributed by atoms with E-state index in [0.29, 0.717) is 23.3 Å². The molecule has 6 atom stereocenters. The number of aliphatic hydroxyl groups excluding tert-OH is 2. The second-order valence-corrected chi connectivity index (χ2v) is 12.0. The maximum atomic E-state index is 10.5. The smallest absolute Gasteiger partial charge is 0.149 e. The van der Waals surface area contributed by atoms with Crippen LogP contribution in [0.5, 0.6) is 11.5 Å². The maximum Gasteiger partial charge on any atom is 0.149 e. The van der Waals surface area contributed by atoms with Crippen LogP contribution in [-0.2, 0) is 0 Å². The number of ether oxygens (including phenoxy) is 2. The molecule has 0 amide bonds. The first-order valence-electron chi connectivity index (χ1n) is 13.3. The maximum absolute atomic E-state index is 10.5. The van der Waals surface area contributed by atoms with E-state index in [-0.39, 0.29) is 24.0 Å². The number of hydrogen-bond acceptors (Lipinski definition) is 4. The van der Waals surface area contributed by atoms with Crippen molar-refractivity contribution in [1.29, 1.82) is 0 Å². The number of fused-ring (bicyclic) bond motifs is 2. The molecule has 2 saturated carbocycles. The van der Waals surface area contributed by atoms with Gasteiger partial charge in [-0.05, 0) is 95.6 Å². The molecule has 36 heavy (non-hydrogen) atoms. The highest BCUT2D eigenvalue weighted by atomic mass is 16.5. The van der Waals surface area contributed by atoms with Gasteiger partial charge in [-0.2, -0.15) is 0 Å². The van der Waals surface area contributed by atoms with Gasteiger partial charge in [-0.3, -0.25) is 0 Å². The van der Waals surface area contributed by atoms with Crippen LogP contribution < -0.4 is 9.47 Å². The normalized spacial score (nSPS) is 29.8. The third kappa shape index (κ3) is 4.58. The van der Waals surface area contributed by atoms with Crippen LogP contribution in [0.4, 0.5) is 0 Å². The van der Waals surface area contributed by atoms with Crippen LogP contribution in [0.2, 0.25) is 0 Å². The quantitative estimate of drug-likeness (QED) is 0.431. The molecule has 6 aliphatic carbocycles. The van der Waals surface area contributed by atoms with Crippen molar-refractivity contribution in [3.8, 4) is 35.2 Å². The minimum Gasteiger partial charge on any atom is -0.481 e. The summed E-state index contributed by atoms with van der Waals surface area (Å²) < 4.78 is 11.4. The lowest BCUT2D eigenvalue weighted by molar-refractivity contribution is -0.0169. The molecule has 4 heteroatoms. The van der Waals surface area contributed by atoms with Gasteiger partial charge in [0.05, 0.1) is 0 Å². The van der Waals surface area contributed by atoms with Crippen molar-refractivity contribution in [2.24, 2.45) is 34.5 Å². The van der Waals surface area contributed by atoms with Crippen LogP contribution in [0.15, 0.2) is 47.6 Å². The van der Waals surface area contributed by atoms with Crippen LogP contribution in [-0.4, -0.2) is 35.6 Å². The van der Waals surface area contributed by atoms with Gasteiger partial charge >= 0.3 is 0 Å². The van der Waals surface area contributed by atoms with E-state index < -0.39 is 12.2 Å². The Bertz CT molecular complexity index is 1070. The molecule has 0 radical (unpaired) electrons. The molecule has 0 spiro atoms. The van der Waals surface area contributed by atoms with Gasteiger partial charge in [-0.15, -0.1) is 0 Å². The summed E-state index contributed by atoms with van der Waals surface area (Å²) in [6.45, 7) is 9.62. The SMILES string of the molecule is CC1(C)[C@H]2CC=C(C(O)C#CCOc3ccc(OCC#CC(O)C4=CC[C@H]5C[C@@H]4C5(C)C)cc3)[C@@H]1C2. The molecule has 190 valence electrons. The average Bonchev–Trinajstić information content (AvgIpc) is 2.89. The highest BCUT2D eigenvalue weighted by Gasteiger charge is 2.53. The van der Waals surface area contributed by atoms with Crippen LogP contribution >= 0.6 is 0 Å². The molecule has 4 nitrogen and oxygen atoms in total. The number of rotatable bonds is 6. The number of allylic oxidation sites excluding steroid dienone is 2. The van der Waals surface area contributed by atoms with Crippen molar-refractivity contribution in [2.75, 3.05) is 13.2 Å². The largest absolute Gasteiger partial charge is 0.481 e. The zero-order chi connectivity index (χ0) is 25.5. The fraction of sp³-hybridized carbons (Fsp3) is 0.562. The summed E-state index contributed by atoms with van der Waals surface area (Å²) >= 11 is 0. The fourth-order valence-corrected chi connectivity index (χ4v) is 6.72. The number of benzene rings is 1. The molecule has 2 fully saturated rings. The van der Waals surface area contributed by atoms with Crippen LogP contribution in [0.3, 0.4) is 0 Å². The molecule has 1 aromatic rings. The molecule has 4 bridgehead atoms. The molecule has 7 rings (SSSR count). The summed E-state index contributed by atoms with van der Waals surface area (Å²) in [5, 5.41) is 21.1. The second-order valence-electron chi connectivity index (χ2n) is 12.0. The molecular formula is C32H38O4. The standard InChI is InChI=1S/C32H38O4/c1-31(2)21-9-15-25(27(31)19-21)29(33)7-5-17-35-23-11-13-24(14-12-23)36-18-6-8-30(34)26-16-10-22-20-28(26)32(22,3)4/h11-16,21-22,27-30,33-34H,9-10,17-20H2,1-4H3/t21-,22-,27-,28-,29?,30?/m0/s1. The first-order valence-corrected chi connectivity index (χ1v) is 13.3. The molecule has 6 aliphatic rings. The van der Waals surface area contributed by atoms with Gasteiger partial charge in [0.15, 0.2) is 0 Å². The van der Waals surface area contributed by atoms with Crippen molar-refractivity contribution < 1.29 is 19.7 Å². The molecule has 0 saturated heterocycles. The van der Waals surface area contributed by atoms with Crippen molar-refractivity contribution in [2.45, 2.75) is 65.6 Å². The number of aliphatic hydroxyl groups is 2. The van der Waals surface area contributed by atoms with E-state index in [9.17, 15) is 10.2 Å².